The fraction of sp³-hybridized carbons (Fsp3) is 0.300. The topological polar surface area (TPSA) is 47.6 Å². The highest BCUT2D eigenvalue weighted by atomic mass is 79.9. The monoisotopic (exact) mass is 271 g/mol. The van der Waals surface area contributed by atoms with Crippen molar-refractivity contribution in [1.29, 1.82) is 0 Å². The fourth-order valence-electron chi connectivity index (χ4n) is 1.41. The van der Waals surface area contributed by atoms with Gasteiger partial charge in [-0.15, -0.1) is 0 Å². The number of amides is 1. The van der Waals surface area contributed by atoms with Gasteiger partial charge in [0.15, 0.2) is 0 Å². The third-order valence-corrected chi connectivity index (χ3v) is 2.72. The van der Waals surface area contributed by atoms with E-state index in [1.165, 1.54) is 0 Å². The number of fused-ring (bicyclic) bond motifs is 1. The Bertz CT molecular complexity index is 406. The van der Waals surface area contributed by atoms with Gasteiger partial charge in [-0.3, -0.25) is 4.79 Å². The second-order valence-corrected chi connectivity index (χ2v) is 3.94. The lowest BCUT2D eigenvalue weighted by atomic mass is 10.2. The lowest BCUT2D eigenvalue weighted by Crippen LogP contribution is -2.24. The summed E-state index contributed by atoms with van der Waals surface area (Å²) >= 11 is 3.35. The van der Waals surface area contributed by atoms with Crippen LogP contribution < -0.4 is 14.8 Å². The van der Waals surface area contributed by atoms with E-state index >= 15 is 0 Å². The largest absolute Gasteiger partial charge is 0.497 e. The maximum absolute atomic E-state index is 11.7. The zero-order valence-corrected chi connectivity index (χ0v) is 9.76. The summed E-state index contributed by atoms with van der Waals surface area (Å²) in [6.07, 6.45) is 0. The molecule has 1 aliphatic heterocycles. The molecule has 5 heteroatoms. The zero-order chi connectivity index (χ0) is 10.8. The van der Waals surface area contributed by atoms with Crippen LogP contribution in [0, 0.1) is 0 Å². The van der Waals surface area contributed by atoms with Crippen molar-refractivity contribution in [2.75, 3.05) is 20.3 Å². The van der Waals surface area contributed by atoms with Crippen molar-refractivity contribution in [2.45, 2.75) is 0 Å². The molecule has 1 aromatic carbocycles. The maximum atomic E-state index is 11.7. The Balaban J connectivity index is 2.55. The van der Waals surface area contributed by atoms with E-state index in [-0.39, 0.29) is 5.91 Å². The van der Waals surface area contributed by atoms with Crippen LogP contribution >= 0.6 is 15.9 Å². The summed E-state index contributed by atoms with van der Waals surface area (Å²) in [4.78, 5) is 11.7. The predicted molar refractivity (Wildman–Crippen MR) is 58.5 cm³/mol. The van der Waals surface area contributed by atoms with Crippen LogP contribution in [0.5, 0.6) is 11.5 Å². The summed E-state index contributed by atoms with van der Waals surface area (Å²) in [5.74, 6) is 1.06. The molecule has 0 radical (unpaired) electrons. The Morgan fingerprint density at radius 2 is 2.33 bits per heavy atom. The molecule has 2 rings (SSSR count). The van der Waals surface area contributed by atoms with Gasteiger partial charge in [-0.2, -0.15) is 0 Å². The standard InChI is InChI=1S/C10H10BrNO3/c1-14-6-4-7-9(8(11)5-6)15-3-2-12-10(7)13/h4-5H,2-3H2,1H3,(H,12,13). The fourth-order valence-corrected chi connectivity index (χ4v) is 1.97. The normalized spacial score (nSPS) is 14.7. The van der Waals surface area contributed by atoms with E-state index < -0.39 is 0 Å². The van der Waals surface area contributed by atoms with Crippen molar-refractivity contribution < 1.29 is 14.3 Å². The smallest absolute Gasteiger partial charge is 0.255 e. The number of ether oxygens (including phenoxy) is 2. The minimum absolute atomic E-state index is 0.137. The van der Waals surface area contributed by atoms with E-state index in [1.807, 2.05) is 0 Å². The van der Waals surface area contributed by atoms with Crippen LogP contribution in [0.1, 0.15) is 10.4 Å². The summed E-state index contributed by atoms with van der Waals surface area (Å²) in [6.45, 7) is 0.992. The van der Waals surface area contributed by atoms with Crippen molar-refractivity contribution >= 4 is 21.8 Å². The Morgan fingerprint density at radius 3 is 3.07 bits per heavy atom. The summed E-state index contributed by atoms with van der Waals surface area (Å²) < 4.78 is 11.3. The number of carbonyl (C=O) groups excluding carboxylic acids is 1. The molecule has 0 fully saturated rings. The first-order valence-electron chi connectivity index (χ1n) is 4.51. The highest BCUT2D eigenvalue weighted by Crippen LogP contribution is 2.34. The number of nitrogens with one attached hydrogen (secondary N) is 1. The second kappa shape index (κ2) is 4.10. The molecule has 4 nitrogen and oxygen atoms in total. The van der Waals surface area contributed by atoms with E-state index in [0.717, 1.165) is 4.47 Å². The average molecular weight is 272 g/mol. The van der Waals surface area contributed by atoms with Gasteiger partial charge in [0.05, 0.1) is 23.7 Å². The molecule has 80 valence electrons. The van der Waals surface area contributed by atoms with Crippen LogP contribution in [0.15, 0.2) is 16.6 Å². The molecule has 0 aliphatic carbocycles. The number of benzene rings is 1. The molecular formula is C10H10BrNO3. The first-order valence-corrected chi connectivity index (χ1v) is 5.30. The Hall–Kier alpha value is -1.23. The Labute approximate surface area is 95.7 Å². The molecule has 0 spiro atoms. The van der Waals surface area contributed by atoms with Crippen LogP contribution in [0.3, 0.4) is 0 Å². The predicted octanol–water partition coefficient (Wildman–Crippen LogP) is 1.58. The molecule has 0 aromatic heterocycles. The highest BCUT2D eigenvalue weighted by Gasteiger charge is 2.20. The third-order valence-electron chi connectivity index (χ3n) is 2.13. The summed E-state index contributed by atoms with van der Waals surface area (Å²) in [6, 6.07) is 3.44. The first-order chi connectivity index (χ1) is 7.22. The quantitative estimate of drug-likeness (QED) is 0.844. The van der Waals surface area contributed by atoms with Crippen molar-refractivity contribution in [3.05, 3.63) is 22.2 Å². The third kappa shape index (κ3) is 1.92. The van der Waals surface area contributed by atoms with Crippen molar-refractivity contribution in [1.82, 2.24) is 5.32 Å². The number of methoxy groups -OCH3 is 1. The van der Waals surface area contributed by atoms with Crippen molar-refractivity contribution in [3.63, 3.8) is 0 Å². The van der Waals surface area contributed by atoms with Gasteiger partial charge in [0.25, 0.3) is 5.91 Å². The van der Waals surface area contributed by atoms with Gasteiger partial charge >= 0.3 is 0 Å². The molecule has 0 saturated heterocycles. The van der Waals surface area contributed by atoms with Crippen molar-refractivity contribution in [2.24, 2.45) is 0 Å². The average Bonchev–Trinajstić information content (AvgIpc) is 2.41. The van der Waals surface area contributed by atoms with Crippen LogP contribution in [0.2, 0.25) is 0 Å². The van der Waals surface area contributed by atoms with Gasteiger partial charge < -0.3 is 14.8 Å². The molecule has 15 heavy (non-hydrogen) atoms. The number of hydrogen-bond acceptors (Lipinski definition) is 3. The van der Waals surface area contributed by atoms with Crippen LogP contribution in [0.25, 0.3) is 0 Å². The molecule has 0 atom stereocenters. The molecule has 0 saturated carbocycles. The molecule has 0 bridgehead atoms. The number of rotatable bonds is 1. The lowest BCUT2D eigenvalue weighted by Gasteiger charge is -2.09. The van der Waals surface area contributed by atoms with Gasteiger partial charge in [-0.1, -0.05) is 0 Å². The van der Waals surface area contributed by atoms with Crippen molar-refractivity contribution in [3.8, 4) is 11.5 Å². The van der Waals surface area contributed by atoms with E-state index in [1.54, 1.807) is 19.2 Å². The minimum atomic E-state index is -0.137. The van der Waals surface area contributed by atoms with E-state index in [0.29, 0.717) is 30.2 Å². The number of hydrogen-bond donors (Lipinski definition) is 1. The van der Waals surface area contributed by atoms with Gasteiger partial charge in [0, 0.05) is 0 Å². The van der Waals surface area contributed by atoms with Gasteiger partial charge in [-0.25, -0.2) is 0 Å². The maximum Gasteiger partial charge on any atom is 0.255 e. The lowest BCUT2D eigenvalue weighted by molar-refractivity contribution is 0.0957. The van der Waals surface area contributed by atoms with Gasteiger partial charge in [0.2, 0.25) is 0 Å². The molecule has 1 aliphatic rings. The Morgan fingerprint density at radius 1 is 1.53 bits per heavy atom. The number of halogens is 1. The SMILES string of the molecule is COc1cc(Br)c2c(c1)C(=O)NCCO2. The molecular weight excluding hydrogens is 262 g/mol. The summed E-state index contributed by atoms with van der Waals surface area (Å²) in [5, 5.41) is 2.74. The molecule has 1 heterocycles. The second-order valence-electron chi connectivity index (χ2n) is 3.09. The first kappa shape index (κ1) is 10.3. The van der Waals surface area contributed by atoms with Crippen LogP contribution in [-0.4, -0.2) is 26.2 Å². The van der Waals surface area contributed by atoms with E-state index in [9.17, 15) is 4.79 Å². The highest BCUT2D eigenvalue weighted by molar-refractivity contribution is 9.10. The van der Waals surface area contributed by atoms with Gasteiger partial charge in [-0.05, 0) is 28.1 Å². The minimum Gasteiger partial charge on any atom is -0.497 e. The van der Waals surface area contributed by atoms with Crippen LogP contribution in [-0.2, 0) is 0 Å². The van der Waals surface area contributed by atoms with Crippen LogP contribution in [0.4, 0.5) is 0 Å². The summed E-state index contributed by atoms with van der Waals surface area (Å²) in [7, 11) is 1.56. The van der Waals surface area contributed by atoms with E-state index in [2.05, 4.69) is 21.2 Å². The Kier molecular flexibility index (Phi) is 2.81. The van der Waals surface area contributed by atoms with E-state index in [4.69, 9.17) is 9.47 Å². The number of carbonyl (C=O) groups is 1. The molecule has 1 N–H and O–H groups in total. The summed E-state index contributed by atoms with van der Waals surface area (Å²) in [5.41, 5.74) is 0.499. The molecule has 0 unspecified atom stereocenters. The molecule has 1 amide bonds. The zero-order valence-electron chi connectivity index (χ0n) is 8.17. The molecule has 1 aromatic rings. The van der Waals surface area contributed by atoms with Gasteiger partial charge in [0.1, 0.15) is 18.1 Å².